The van der Waals surface area contributed by atoms with Gasteiger partial charge in [0.25, 0.3) is 0 Å². The average Bonchev–Trinajstić information content (AvgIpc) is 2.47. The van der Waals surface area contributed by atoms with Gasteiger partial charge in [0.15, 0.2) is 0 Å². The third-order valence-corrected chi connectivity index (χ3v) is 5.13. The van der Waals surface area contributed by atoms with E-state index < -0.39 is 5.92 Å². The SMILES string of the molecule is NCC1(C2COc3ccccc3C2)CCC(F)(F)CC1. The van der Waals surface area contributed by atoms with Crippen molar-refractivity contribution in [3.05, 3.63) is 29.8 Å². The van der Waals surface area contributed by atoms with Crippen molar-refractivity contribution in [2.45, 2.75) is 38.0 Å². The molecule has 1 aromatic rings. The second kappa shape index (κ2) is 4.99. The molecule has 0 bridgehead atoms. The van der Waals surface area contributed by atoms with Crippen LogP contribution in [0.2, 0.25) is 0 Å². The van der Waals surface area contributed by atoms with E-state index in [1.54, 1.807) is 0 Å². The molecule has 1 fully saturated rings. The van der Waals surface area contributed by atoms with E-state index in [0.717, 1.165) is 12.2 Å². The van der Waals surface area contributed by atoms with E-state index in [1.165, 1.54) is 5.56 Å². The van der Waals surface area contributed by atoms with Gasteiger partial charge in [-0.3, -0.25) is 0 Å². The monoisotopic (exact) mass is 281 g/mol. The number of fused-ring (bicyclic) bond motifs is 1. The Morgan fingerprint density at radius 1 is 1.15 bits per heavy atom. The molecule has 0 aromatic heterocycles. The highest BCUT2D eigenvalue weighted by molar-refractivity contribution is 5.35. The minimum Gasteiger partial charge on any atom is -0.493 e. The van der Waals surface area contributed by atoms with Gasteiger partial charge in [0.1, 0.15) is 5.75 Å². The Labute approximate surface area is 118 Å². The van der Waals surface area contributed by atoms with Crippen molar-refractivity contribution in [2.24, 2.45) is 17.1 Å². The highest BCUT2D eigenvalue weighted by atomic mass is 19.3. The van der Waals surface area contributed by atoms with Crippen LogP contribution in [0, 0.1) is 11.3 Å². The first kappa shape index (κ1) is 13.8. The molecule has 2 nitrogen and oxygen atoms in total. The molecule has 2 aliphatic rings. The minimum absolute atomic E-state index is 0.0393. The van der Waals surface area contributed by atoms with Crippen molar-refractivity contribution in [3.63, 3.8) is 0 Å². The van der Waals surface area contributed by atoms with Crippen molar-refractivity contribution in [1.29, 1.82) is 0 Å². The molecular formula is C16H21F2NO. The Morgan fingerprint density at radius 3 is 2.55 bits per heavy atom. The minimum atomic E-state index is -2.51. The van der Waals surface area contributed by atoms with Gasteiger partial charge in [-0.1, -0.05) is 18.2 Å². The van der Waals surface area contributed by atoms with Gasteiger partial charge in [0.2, 0.25) is 5.92 Å². The number of hydrogen-bond donors (Lipinski definition) is 1. The van der Waals surface area contributed by atoms with Gasteiger partial charge in [-0.15, -0.1) is 0 Å². The number of benzene rings is 1. The largest absolute Gasteiger partial charge is 0.493 e. The van der Waals surface area contributed by atoms with Crippen LogP contribution in [0.1, 0.15) is 31.2 Å². The standard InChI is InChI=1S/C16H21F2NO/c17-16(18)7-5-15(11-19,6-8-16)13-9-12-3-1-2-4-14(12)20-10-13/h1-4,13H,5-11,19H2. The molecule has 1 aliphatic carbocycles. The van der Waals surface area contributed by atoms with Crippen LogP contribution in [-0.2, 0) is 6.42 Å². The fraction of sp³-hybridized carbons (Fsp3) is 0.625. The van der Waals surface area contributed by atoms with E-state index in [0.29, 0.717) is 26.0 Å². The molecule has 20 heavy (non-hydrogen) atoms. The quantitative estimate of drug-likeness (QED) is 0.902. The van der Waals surface area contributed by atoms with E-state index in [1.807, 2.05) is 18.2 Å². The second-order valence-corrected chi connectivity index (χ2v) is 6.24. The lowest BCUT2D eigenvalue weighted by molar-refractivity contribution is -0.0844. The van der Waals surface area contributed by atoms with E-state index in [2.05, 4.69) is 6.07 Å². The van der Waals surface area contributed by atoms with Crippen molar-refractivity contribution in [1.82, 2.24) is 0 Å². The summed E-state index contributed by atoms with van der Waals surface area (Å²) < 4.78 is 32.7. The third kappa shape index (κ3) is 2.41. The number of para-hydroxylation sites is 1. The molecule has 0 amide bonds. The summed E-state index contributed by atoms with van der Waals surface area (Å²) in [5.74, 6) is -1.33. The van der Waals surface area contributed by atoms with E-state index >= 15 is 0 Å². The number of alkyl halides is 2. The van der Waals surface area contributed by atoms with E-state index in [4.69, 9.17) is 10.5 Å². The molecule has 3 rings (SSSR count). The van der Waals surface area contributed by atoms with Gasteiger partial charge in [-0.25, -0.2) is 8.78 Å². The zero-order chi connectivity index (χ0) is 14.2. The van der Waals surface area contributed by atoms with Crippen molar-refractivity contribution >= 4 is 0 Å². The Morgan fingerprint density at radius 2 is 1.85 bits per heavy atom. The summed E-state index contributed by atoms with van der Waals surface area (Å²) in [4.78, 5) is 0. The van der Waals surface area contributed by atoms with Crippen LogP contribution >= 0.6 is 0 Å². The van der Waals surface area contributed by atoms with Gasteiger partial charge in [0.05, 0.1) is 6.61 Å². The lowest BCUT2D eigenvalue weighted by Crippen LogP contribution is -2.47. The smallest absolute Gasteiger partial charge is 0.248 e. The fourth-order valence-corrected chi connectivity index (χ4v) is 3.61. The molecule has 0 saturated heterocycles. The number of halogens is 2. The summed E-state index contributed by atoms with van der Waals surface area (Å²) in [6.45, 7) is 1.07. The Kier molecular flexibility index (Phi) is 3.44. The highest BCUT2D eigenvalue weighted by Crippen LogP contribution is 2.49. The summed E-state index contributed by atoms with van der Waals surface area (Å²) in [7, 11) is 0. The van der Waals surface area contributed by atoms with Gasteiger partial charge >= 0.3 is 0 Å². The molecule has 1 heterocycles. The number of nitrogens with two attached hydrogens (primary N) is 1. The van der Waals surface area contributed by atoms with Crippen LogP contribution in [0.15, 0.2) is 24.3 Å². The van der Waals surface area contributed by atoms with Crippen LogP contribution in [0.3, 0.4) is 0 Å². The predicted molar refractivity (Wildman–Crippen MR) is 74.0 cm³/mol. The molecule has 2 N–H and O–H groups in total. The maximum absolute atomic E-state index is 13.4. The molecule has 1 aliphatic heterocycles. The summed E-state index contributed by atoms with van der Waals surface area (Å²) in [6.07, 6.45) is 1.82. The van der Waals surface area contributed by atoms with Crippen molar-refractivity contribution in [2.75, 3.05) is 13.2 Å². The summed E-state index contributed by atoms with van der Waals surface area (Å²) in [6, 6.07) is 7.98. The summed E-state index contributed by atoms with van der Waals surface area (Å²) in [5.41, 5.74) is 6.97. The molecular weight excluding hydrogens is 260 g/mol. The van der Waals surface area contributed by atoms with Crippen LogP contribution in [-0.4, -0.2) is 19.1 Å². The number of rotatable bonds is 2. The Hall–Kier alpha value is -1.16. The molecule has 0 radical (unpaired) electrons. The second-order valence-electron chi connectivity index (χ2n) is 6.24. The van der Waals surface area contributed by atoms with Crippen molar-refractivity contribution < 1.29 is 13.5 Å². The van der Waals surface area contributed by atoms with Gasteiger partial charge in [-0.2, -0.15) is 0 Å². The van der Waals surface area contributed by atoms with Gasteiger partial charge in [-0.05, 0) is 42.9 Å². The molecule has 1 atom stereocenters. The maximum Gasteiger partial charge on any atom is 0.248 e. The fourth-order valence-electron chi connectivity index (χ4n) is 3.61. The zero-order valence-electron chi connectivity index (χ0n) is 11.6. The number of ether oxygens (including phenoxy) is 1. The highest BCUT2D eigenvalue weighted by Gasteiger charge is 2.47. The first-order valence-corrected chi connectivity index (χ1v) is 7.33. The molecule has 1 saturated carbocycles. The first-order chi connectivity index (χ1) is 9.55. The predicted octanol–water partition coefficient (Wildman–Crippen LogP) is 3.39. The van der Waals surface area contributed by atoms with E-state index in [9.17, 15) is 8.78 Å². The molecule has 4 heteroatoms. The van der Waals surface area contributed by atoms with Crippen LogP contribution in [0.4, 0.5) is 8.78 Å². The topological polar surface area (TPSA) is 35.2 Å². The Balaban J connectivity index is 1.79. The molecule has 1 aromatic carbocycles. The lowest BCUT2D eigenvalue weighted by atomic mass is 9.63. The van der Waals surface area contributed by atoms with Gasteiger partial charge < -0.3 is 10.5 Å². The van der Waals surface area contributed by atoms with Crippen molar-refractivity contribution in [3.8, 4) is 5.75 Å². The number of hydrogen-bond acceptors (Lipinski definition) is 2. The average molecular weight is 281 g/mol. The third-order valence-electron chi connectivity index (χ3n) is 5.13. The lowest BCUT2D eigenvalue weighted by Gasteiger charge is -2.46. The van der Waals surface area contributed by atoms with Crippen LogP contribution in [0.25, 0.3) is 0 Å². The summed E-state index contributed by atoms with van der Waals surface area (Å²) in [5, 5.41) is 0. The first-order valence-electron chi connectivity index (χ1n) is 7.33. The summed E-state index contributed by atoms with van der Waals surface area (Å²) >= 11 is 0. The van der Waals surface area contributed by atoms with Crippen LogP contribution in [0.5, 0.6) is 5.75 Å². The molecule has 1 unspecified atom stereocenters. The van der Waals surface area contributed by atoms with E-state index in [-0.39, 0.29) is 24.2 Å². The molecule has 0 spiro atoms. The van der Waals surface area contributed by atoms with Crippen LogP contribution < -0.4 is 10.5 Å². The maximum atomic E-state index is 13.4. The normalized spacial score (nSPS) is 27.4. The van der Waals surface area contributed by atoms with Gasteiger partial charge in [0, 0.05) is 18.8 Å². The molecule has 110 valence electrons. The Bertz CT molecular complexity index is 479. The zero-order valence-corrected chi connectivity index (χ0v) is 11.6.